The third-order valence-electron chi connectivity index (χ3n) is 3.19. The van der Waals surface area contributed by atoms with E-state index >= 15 is 0 Å². The Labute approximate surface area is 142 Å². The van der Waals surface area contributed by atoms with E-state index in [9.17, 15) is 13.6 Å². The third-order valence-corrected chi connectivity index (χ3v) is 3.19. The average Bonchev–Trinajstić information content (AvgIpc) is 2.87. The molecule has 3 rings (SSSR count). The van der Waals surface area contributed by atoms with Crippen molar-refractivity contribution in [1.82, 2.24) is 0 Å². The van der Waals surface area contributed by atoms with Crippen LogP contribution in [0, 0.1) is 0 Å². The van der Waals surface area contributed by atoms with Gasteiger partial charge < -0.3 is 24.3 Å². The number of hydrogen-bond donors (Lipinski definition) is 1. The van der Waals surface area contributed by atoms with E-state index in [4.69, 9.17) is 9.47 Å². The van der Waals surface area contributed by atoms with Crippen molar-refractivity contribution in [1.29, 1.82) is 0 Å². The van der Waals surface area contributed by atoms with Crippen LogP contribution in [0.2, 0.25) is 0 Å². The maximum atomic E-state index is 13.0. The van der Waals surface area contributed by atoms with Crippen LogP contribution in [0.25, 0.3) is 0 Å². The topological polar surface area (TPSA) is 66.0 Å². The van der Waals surface area contributed by atoms with Gasteiger partial charge in [-0.3, -0.25) is 4.79 Å². The zero-order valence-electron chi connectivity index (χ0n) is 13.3. The number of benzene rings is 2. The molecule has 0 saturated heterocycles. The van der Waals surface area contributed by atoms with E-state index in [2.05, 4.69) is 14.8 Å². The zero-order chi connectivity index (χ0) is 17.9. The predicted octanol–water partition coefficient (Wildman–Crippen LogP) is 3.42. The lowest BCUT2D eigenvalue weighted by molar-refractivity contribution is -0.286. The molecular formula is C17H15F2NO5. The molecule has 0 saturated carbocycles. The van der Waals surface area contributed by atoms with Crippen molar-refractivity contribution < 1.29 is 32.5 Å². The molecule has 1 N–H and O–H groups in total. The number of ether oxygens (including phenoxy) is 4. The minimum absolute atomic E-state index is 0.0892. The normalized spacial score (nSPS) is 14.0. The van der Waals surface area contributed by atoms with Crippen LogP contribution in [0.4, 0.5) is 14.5 Å². The van der Waals surface area contributed by atoms with E-state index < -0.39 is 12.2 Å². The number of hydrogen-bond acceptors (Lipinski definition) is 5. The number of alkyl halides is 2. The summed E-state index contributed by atoms with van der Waals surface area (Å²) in [5.74, 6) is 0.531. The lowest BCUT2D eigenvalue weighted by Crippen LogP contribution is -2.25. The molecule has 0 atom stereocenters. The Bertz CT molecular complexity index is 764. The molecule has 6 nitrogen and oxygen atoms in total. The molecule has 1 aliphatic heterocycles. The summed E-state index contributed by atoms with van der Waals surface area (Å²) in [6.45, 7) is 2.20. The highest BCUT2D eigenvalue weighted by atomic mass is 19.3. The zero-order valence-corrected chi connectivity index (χ0v) is 13.3. The van der Waals surface area contributed by atoms with Gasteiger partial charge in [0.05, 0.1) is 6.61 Å². The molecule has 0 unspecified atom stereocenters. The number of carbonyl (C=O) groups excluding carboxylic acids is 1. The van der Waals surface area contributed by atoms with Crippen LogP contribution in [0.1, 0.15) is 6.92 Å². The smallest absolute Gasteiger partial charge is 0.494 e. The number of rotatable bonds is 6. The molecule has 0 spiro atoms. The van der Waals surface area contributed by atoms with Crippen molar-refractivity contribution in [2.24, 2.45) is 0 Å². The van der Waals surface area contributed by atoms with Crippen LogP contribution in [0.3, 0.4) is 0 Å². The lowest BCUT2D eigenvalue weighted by Gasteiger charge is -2.09. The summed E-state index contributed by atoms with van der Waals surface area (Å²) in [6, 6.07) is 10.8. The summed E-state index contributed by atoms with van der Waals surface area (Å²) in [5.41, 5.74) is 0.292. The summed E-state index contributed by atoms with van der Waals surface area (Å²) in [6.07, 6.45) is -3.69. The Morgan fingerprint density at radius 3 is 2.36 bits per heavy atom. The van der Waals surface area contributed by atoms with Crippen LogP contribution in [0.15, 0.2) is 42.5 Å². The molecule has 2 aromatic carbocycles. The first-order valence-corrected chi connectivity index (χ1v) is 7.50. The number of nitrogens with one attached hydrogen (secondary N) is 1. The predicted molar refractivity (Wildman–Crippen MR) is 84.4 cm³/mol. The van der Waals surface area contributed by atoms with E-state index in [1.165, 1.54) is 18.2 Å². The SMILES string of the molecule is CCOc1ccc(OCC(=O)Nc2ccc3c(c2)OC(F)(F)O3)cc1. The van der Waals surface area contributed by atoms with E-state index in [1.807, 2.05) is 6.92 Å². The van der Waals surface area contributed by atoms with Gasteiger partial charge in [0.25, 0.3) is 5.91 Å². The first-order valence-electron chi connectivity index (χ1n) is 7.50. The minimum Gasteiger partial charge on any atom is -0.494 e. The van der Waals surface area contributed by atoms with Gasteiger partial charge in [-0.05, 0) is 43.3 Å². The second-order valence-electron chi connectivity index (χ2n) is 5.07. The van der Waals surface area contributed by atoms with Crippen molar-refractivity contribution in [3.63, 3.8) is 0 Å². The van der Waals surface area contributed by atoms with Gasteiger partial charge in [-0.1, -0.05) is 0 Å². The fourth-order valence-corrected chi connectivity index (χ4v) is 2.17. The second-order valence-corrected chi connectivity index (χ2v) is 5.07. The first kappa shape index (κ1) is 16.8. The summed E-state index contributed by atoms with van der Waals surface area (Å²) in [4.78, 5) is 11.9. The first-order chi connectivity index (χ1) is 11.9. The van der Waals surface area contributed by atoms with E-state index in [0.29, 0.717) is 23.8 Å². The monoisotopic (exact) mass is 351 g/mol. The van der Waals surface area contributed by atoms with Gasteiger partial charge in [0.2, 0.25) is 0 Å². The van der Waals surface area contributed by atoms with Crippen LogP contribution < -0.4 is 24.3 Å². The van der Waals surface area contributed by atoms with E-state index in [-0.39, 0.29) is 18.1 Å². The van der Waals surface area contributed by atoms with Crippen LogP contribution in [0.5, 0.6) is 23.0 Å². The quantitative estimate of drug-likeness (QED) is 0.864. The molecule has 0 fully saturated rings. The number of fused-ring (bicyclic) bond motifs is 1. The molecule has 1 aliphatic rings. The Kier molecular flexibility index (Phi) is 4.60. The molecule has 25 heavy (non-hydrogen) atoms. The Hall–Kier alpha value is -3.03. The van der Waals surface area contributed by atoms with Gasteiger partial charge in [-0.2, -0.15) is 0 Å². The molecule has 0 aromatic heterocycles. The average molecular weight is 351 g/mol. The highest BCUT2D eigenvalue weighted by Crippen LogP contribution is 2.42. The summed E-state index contributed by atoms with van der Waals surface area (Å²) in [5, 5.41) is 2.53. The van der Waals surface area contributed by atoms with Crippen molar-refractivity contribution in [2.75, 3.05) is 18.5 Å². The highest BCUT2D eigenvalue weighted by Gasteiger charge is 2.43. The van der Waals surface area contributed by atoms with Gasteiger partial charge in [0, 0.05) is 11.8 Å². The number of amides is 1. The Balaban J connectivity index is 1.53. The standard InChI is InChI=1S/C17H15F2NO5/c1-2-22-12-4-6-13(7-5-12)23-10-16(21)20-11-3-8-14-15(9-11)25-17(18,19)24-14/h3-9H,2,10H2,1H3,(H,20,21). The van der Waals surface area contributed by atoms with Crippen molar-refractivity contribution >= 4 is 11.6 Å². The van der Waals surface area contributed by atoms with Crippen LogP contribution in [-0.4, -0.2) is 25.4 Å². The lowest BCUT2D eigenvalue weighted by atomic mass is 10.3. The second kappa shape index (κ2) is 6.84. The number of halogens is 2. The van der Waals surface area contributed by atoms with Gasteiger partial charge in [0.1, 0.15) is 11.5 Å². The maximum Gasteiger partial charge on any atom is 0.586 e. The molecule has 1 amide bonds. The number of carbonyl (C=O) groups is 1. The molecule has 1 heterocycles. The van der Waals surface area contributed by atoms with Crippen molar-refractivity contribution in [3.8, 4) is 23.0 Å². The molecular weight excluding hydrogens is 336 g/mol. The molecule has 0 radical (unpaired) electrons. The minimum atomic E-state index is -3.69. The highest BCUT2D eigenvalue weighted by molar-refractivity contribution is 5.92. The summed E-state index contributed by atoms with van der Waals surface area (Å²) >= 11 is 0. The molecule has 0 aliphatic carbocycles. The molecule has 0 bridgehead atoms. The Morgan fingerprint density at radius 2 is 1.68 bits per heavy atom. The van der Waals surface area contributed by atoms with Crippen LogP contribution in [-0.2, 0) is 4.79 Å². The molecule has 132 valence electrons. The van der Waals surface area contributed by atoms with Gasteiger partial charge in [-0.15, -0.1) is 8.78 Å². The molecule has 8 heteroatoms. The maximum absolute atomic E-state index is 13.0. The van der Waals surface area contributed by atoms with Crippen molar-refractivity contribution in [3.05, 3.63) is 42.5 Å². The fraction of sp³-hybridized carbons (Fsp3) is 0.235. The largest absolute Gasteiger partial charge is 0.586 e. The van der Waals surface area contributed by atoms with E-state index in [0.717, 1.165) is 0 Å². The van der Waals surface area contributed by atoms with Gasteiger partial charge >= 0.3 is 6.29 Å². The van der Waals surface area contributed by atoms with Crippen LogP contribution >= 0.6 is 0 Å². The summed E-state index contributed by atoms with van der Waals surface area (Å²) < 4.78 is 45.2. The molecule has 2 aromatic rings. The van der Waals surface area contributed by atoms with Gasteiger partial charge in [-0.25, -0.2) is 0 Å². The Morgan fingerprint density at radius 1 is 1.04 bits per heavy atom. The number of anilines is 1. The van der Waals surface area contributed by atoms with Crippen molar-refractivity contribution in [2.45, 2.75) is 13.2 Å². The third kappa shape index (κ3) is 4.28. The summed E-state index contributed by atoms with van der Waals surface area (Å²) in [7, 11) is 0. The van der Waals surface area contributed by atoms with Gasteiger partial charge in [0.15, 0.2) is 18.1 Å². The van der Waals surface area contributed by atoms with E-state index in [1.54, 1.807) is 24.3 Å². The fourth-order valence-electron chi connectivity index (χ4n) is 2.17.